The van der Waals surface area contributed by atoms with Gasteiger partial charge in [-0.1, -0.05) is 51.1 Å². The number of carbonyl (C=O) groups is 3. The predicted molar refractivity (Wildman–Crippen MR) is 98.9 cm³/mol. The van der Waals surface area contributed by atoms with E-state index >= 15 is 0 Å². The van der Waals surface area contributed by atoms with Crippen molar-refractivity contribution in [3.8, 4) is 6.07 Å². The zero-order chi connectivity index (χ0) is 20.4. The molecule has 1 rings (SSSR count). The summed E-state index contributed by atoms with van der Waals surface area (Å²) in [5, 5.41) is 13.8. The fourth-order valence-corrected chi connectivity index (χ4v) is 2.43. The summed E-state index contributed by atoms with van der Waals surface area (Å²) in [7, 11) is 0. The Hall–Kier alpha value is -3.08. The Balaban J connectivity index is 2.70. The number of nitrogens with two attached hydrogens (primary N) is 1. The van der Waals surface area contributed by atoms with Gasteiger partial charge in [0.25, 0.3) is 0 Å². The molecule has 146 valence electrons. The zero-order valence-corrected chi connectivity index (χ0v) is 15.8. The maximum absolute atomic E-state index is 12.5. The first kappa shape index (κ1) is 22.0. The molecule has 0 aliphatic carbocycles. The highest BCUT2D eigenvalue weighted by Gasteiger charge is 2.30. The van der Waals surface area contributed by atoms with Crippen LogP contribution in [0.25, 0.3) is 0 Å². The summed E-state index contributed by atoms with van der Waals surface area (Å²) in [5.74, 6) is -2.00. The second-order valence-electron chi connectivity index (χ2n) is 6.66. The molecule has 0 heterocycles. The van der Waals surface area contributed by atoms with Gasteiger partial charge in [0.05, 0.1) is 6.07 Å². The van der Waals surface area contributed by atoms with Gasteiger partial charge in [-0.25, -0.2) is 4.79 Å². The Bertz CT molecular complexity index is 685. The van der Waals surface area contributed by atoms with Gasteiger partial charge in [0.15, 0.2) is 0 Å². The smallest absolute Gasteiger partial charge is 0.408 e. The van der Waals surface area contributed by atoms with Crippen LogP contribution in [0, 0.1) is 23.2 Å². The monoisotopic (exact) mass is 374 g/mol. The Morgan fingerprint density at radius 2 is 1.74 bits per heavy atom. The molecule has 0 spiro atoms. The van der Waals surface area contributed by atoms with Crippen molar-refractivity contribution in [1.29, 1.82) is 5.26 Å². The molecular weight excluding hydrogens is 348 g/mol. The summed E-state index contributed by atoms with van der Waals surface area (Å²) < 4.78 is 5.13. The van der Waals surface area contributed by atoms with Gasteiger partial charge >= 0.3 is 6.09 Å². The van der Waals surface area contributed by atoms with Gasteiger partial charge in [-0.15, -0.1) is 0 Å². The third-order valence-corrected chi connectivity index (χ3v) is 4.02. The van der Waals surface area contributed by atoms with Gasteiger partial charge in [0.2, 0.25) is 11.8 Å². The van der Waals surface area contributed by atoms with Crippen LogP contribution < -0.4 is 16.4 Å². The van der Waals surface area contributed by atoms with Crippen molar-refractivity contribution in [3.63, 3.8) is 0 Å². The summed E-state index contributed by atoms with van der Waals surface area (Å²) in [4.78, 5) is 36.2. The van der Waals surface area contributed by atoms with Gasteiger partial charge in [-0.2, -0.15) is 5.26 Å². The molecule has 1 aromatic carbocycles. The van der Waals surface area contributed by atoms with Crippen LogP contribution in [0.1, 0.15) is 32.8 Å². The largest absolute Gasteiger partial charge is 0.445 e. The number of carbonyl (C=O) groups excluding carboxylic acids is 3. The first-order valence-corrected chi connectivity index (χ1v) is 8.70. The van der Waals surface area contributed by atoms with E-state index in [0.717, 1.165) is 5.56 Å². The molecule has 8 nitrogen and oxygen atoms in total. The average molecular weight is 374 g/mol. The lowest BCUT2D eigenvalue weighted by molar-refractivity contribution is -0.130. The quantitative estimate of drug-likeness (QED) is 0.601. The molecular formula is C19H26N4O4. The molecule has 0 saturated carbocycles. The van der Waals surface area contributed by atoms with E-state index in [4.69, 9.17) is 15.7 Å². The van der Waals surface area contributed by atoms with Crippen LogP contribution in [-0.2, 0) is 20.9 Å². The zero-order valence-electron chi connectivity index (χ0n) is 15.8. The number of hydrogen-bond acceptors (Lipinski definition) is 5. The minimum Gasteiger partial charge on any atom is -0.445 e. The Labute approximate surface area is 159 Å². The number of nitrogens with one attached hydrogen (secondary N) is 2. The number of benzene rings is 1. The van der Waals surface area contributed by atoms with Crippen molar-refractivity contribution >= 4 is 17.9 Å². The van der Waals surface area contributed by atoms with E-state index in [1.165, 1.54) is 0 Å². The second-order valence-corrected chi connectivity index (χ2v) is 6.66. The molecule has 0 radical (unpaired) electrons. The molecule has 4 N–H and O–H groups in total. The molecule has 3 atom stereocenters. The maximum Gasteiger partial charge on any atom is 0.408 e. The molecule has 0 aliphatic rings. The van der Waals surface area contributed by atoms with Crippen molar-refractivity contribution in [2.24, 2.45) is 17.6 Å². The number of amides is 3. The Morgan fingerprint density at radius 1 is 1.11 bits per heavy atom. The fourth-order valence-electron chi connectivity index (χ4n) is 2.43. The normalized spacial score (nSPS) is 13.7. The molecule has 8 heteroatoms. The molecule has 0 unspecified atom stereocenters. The van der Waals surface area contributed by atoms with Gasteiger partial charge in [-0.3, -0.25) is 9.59 Å². The van der Waals surface area contributed by atoms with E-state index in [1.807, 2.05) is 36.4 Å². The number of alkyl carbamates (subject to hydrolysis) is 1. The lowest BCUT2D eigenvalue weighted by Crippen LogP contribution is -2.56. The number of nitrogens with zero attached hydrogens (tertiary/aromatic N) is 1. The molecule has 0 saturated heterocycles. The lowest BCUT2D eigenvalue weighted by Gasteiger charge is -2.26. The SMILES string of the molecule is CC(C)[C@H](NC(=O)OCc1ccccc1)C(=O)N[C@H](C(N)=O)[C@@H](C)CC#N. The van der Waals surface area contributed by atoms with Crippen LogP contribution in [0.2, 0.25) is 0 Å². The van der Waals surface area contributed by atoms with Crippen molar-refractivity contribution in [1.82, 2.24) is 10.6 Å². The van der Waals surface area contributed by atoms with Crippen LogP contribution in [0.15, 0.2) is 30.3 Å². The maximum atomic E-state index is 12.5. The number of primary amides is 1. The van der Waals surface area contributed by atoms with Crippen molar-refractivity contribution < 1.29 is 19.1 Å². The van der Waals surface area contributed by atoms with Gasteiger partial charge < -0.3 is 21.1 Å². The minimum atomic E-state index is -1.000. The molecule has 3 amide bonds. The van der Waals surface area contributed by atoms with Crippen molar-refractivity contribution in [3.05, 3.63) is 35.9 Å². The third kappa shape index (κ3) is 7.36. The van der Waals surface area contributed by atoms with Crippen LogP contribution >= 0.6 is 0 Å². The van der Waals surface area contributed by atoms with E-state index in [9.17, 15) is 14.4 Å². The van der Waals surface area contributed by atoms with Crippen LogP contribution in [-0.4, -0.2) is 30.0 Å². The molecule has 0 bridgehead atoms. The van der Waals surface area contributed by atoms with Crippen molar-refractivity contribution in [2.45, 2.75) is 45.9 Å². The van der Waals surface area contributed by atoms with Crippen molar-refractivity contribution in [2.75, 3.05) is 0 Å². The van der Waals surface area contributed by atoms with Crippen LogP contribution in [0.3, 0.4) is 0 Å². The molecule has 0 fully saturated rings. The third-order valence-electron chi connectivity index (χ3n) is 4.02. The van der Waals surface area contributed by atoms with Gasteiger partial charge in [-0.05, 0) is 17.4 Å². The molecule has 0 aromatic heterocycles. The fraction of sp³-hybridized carbons (Fsp3) is 0.474. The van der Waals surface area contributed by atoms with Crippen LogP contribution in [0.5, 0.6) is 0 Å². The number of rotatable bonds is 9. The second kappa shape index (κ2) is 10.8. The average Bonchev–Trinajstić information content (AvgIpc) is 2.62. The summed E-state index contributed by atoms with van der Waals surface area (Å²) >= 11 is 0. The minimum absolute atomic E-state index is 0.0623. The lowest BCUT2D eigenvalue weighted by atomic mass is 9.96. The first-order valence-electron chi connectivity index (χ1n) is 8.70. The van der Waals surface area contributed by atoms with E-state index < -0.39 is 35.9 Å². The topological polar surface area (TPSA) is 134 Å². The summed E-state index contributed by atoms with van der Waals surface area (Å²) in [5.41, 5.74) is 6.15. The van der Waals surface area contributed by atoms with Gasteiger partial charge in [0.1, 0.15) is 18.7 Å². The van der Waals surface area contributed by atoms with Crippen LogP contribution in [0.4, 0.5) is 4.79 Å². The Kier molecular flexibility index (Phi) is 8.79. The highest BCUT2D eigenvalue weighted by molar-refractivity contribution is 5.91. The van der Waals surface area contributed by atoms with E-state index in [2.05, 4.69) is 10.6 Å². The van der Waals surface area contributed by atoms with Gasteiger partial charge in [0, 0.05) is 6.42 Å². The molecule has 27 heavy (non-hydrogen) atoms. The van der Waals surface area contributed by atoms with E-state index in [0.29, 0.717) is 0 Å². The summed E-state index contributed by atoms with van der Waals surface area (Å²) in [6, 6.07) is 9.16. The number of hydrogen-bond donors (Lipinski definition) is 3. The first-order chi connectivity index (χ1) is 12.8. The molecule has 0 aliphatic heterocycles. The predicted octanol–water partition coefficient (Wildman–Crippen LogP) is 1.46. The van der Waals surface area contributed by atoms with E-state index in [-0.39, 0.29) is 18.9 Å². The highest BCUT2D eigenvalue weighted by Crippen LogP contribution is 2.10. The number of nitriles is 1. The van der Waals surface area contributed by atoms with E-state index in [1.54, 1.807) is 20.8 Å². The Morgan fingerprint density at radius 3 is 2.26 bits per heavy atom. The summed E-state index contributed by atoms with van der Waals surface area (Å²) in [6.07, 6.45) is -0.680. The standard InChI is InChI=1S/C19H26N4O4/c1-12(2)15(18(25)22-16(17(21)24)13(3)9-10-20)23-19(26)27-11-14-7-5-4-6-8-14/h4-8,12-13,15-16H,9,11H2,1-3H3,(H2,21,24)(H,22,25)(H,23,26)/t13-,15-,16-/m0/s1. The molecule has 1 aromatic rings. The summed E-state index contributed by atoms with van der Waals surface area (Å²) in [6.45, 7) is 5.21. The number of ether oxygens (including phenoxy) is 1. The highest BCUT2D eigenvalue weighted by atomic mass is 16.5.